The molecule has 33 heavy (non-hydrogen) atoms. The highest BCUT2D eigenvalue weighted by Gasteiger charge is 2.54. The molecule has 0 bridgehead atoms. The van der Waals surface area contributed by atoms with Gasteiger partial charge in [-0.05, 0) is 35.7 Å². The number of benzene rings is 2. The van der Waals surface area contributed by atoms with Crippen LogP contribution in [0.1, 0.15) is 41.0 Å². The molecule has 2 aromatic carbocycles. The molecule has 178 valence electrons. The number of carbonyl (C=O) groups excluding carboxylic acids is 2. The molecule has 5 nitrogen and oxygen atoms in total. The molecule has 0 saturated carbocycles. The molecule has 2 aromatic rings. The molecule has 6 heteroatoms. The van der Waals surface area contributed by atoms with Crippen LogP contribution in [-0.2, 0) is 23.5 Å². The highest BCUT2D eigenvalue weighted by Crippen LogP contribution is 2.39. The van der Waals surface area contributed by atoms with Crippen LogP contribution in [0.25, 0.3) is 0 Å². The van der Waals surface area contributed by atoms with Gasteiger partial charge in [0, 0.05) is 0 Å². The molecule has 0 amide bonds. The Bertz CT molecular complexity index is 866. The molecule has 0 saturated heterocycles. The fourth-order valence-electron chi connectivity index (χ4n) is 4.17. The molecule has 2 rings (SSSR count). The standard InChI is InChI=1S/C27H36O5Si/c1-7-16-23(25(28)30-8-2)24(26(29)31-9-3)32-33(27(4,5)6,21-17-12-10-13-18-21)22-19-14-11-15-20-22/h7,10-15,17-20,23-24H,1,8-9,16H2,2-6H3/t23-,24+/m0/s1. The Morgan fingerprint density at radius 2 is 1.33 bits per heavy atom. The lowest BCUT2D eigenvalue weighted by molar-refractivity contribution is -0.164. The van der Waals surface area contributed by atoms with Crippen molar-refractivity contribution in [3.05, 3.63) is 73.3 Å². The summed E-state index contributed by atoms with van der Waals surface area (Å²) in [4.78, 5) is 26.2. The highest BCUT2D eigenvalue weighted by molar-refractivity contribution is 6.99. The van der Waals surface area contributed by atoms with Gasteiger partial charge in [-0.1, -0.05) is 87.5 Å². The predicted molar refractivity (Wildman–Crippen MR) is 134 cm³/mol. The second kappa shape index (κ2) is 12.0. The number of esters is 2. The van der Waals surface area contributed by atoms with Crippen molar-refractivity contribution in [3.8, 4) is 0 Å². The van der Waals surface area contributed by atoms with Crippen molar-refractivity contribution in [3.63, 3.8) is 0 Å². The van der Waals surface area contributed by atoms with Crippen LogP contribution in [0.5, 0.6) is 0 Å². The van der Waals surface area contributed by atoms with Crippen LogP contribution in [0.2, 0.25) is 5.04 Å². The number of rotatable bonds is 11. The molecular weight excluding hydrogens is 432 g/mol. The number of hydrogen-bond donors (Lipinski definition) is 0. The Kier molecular flexibility index (Phi) is 9.62. The third kappa shape index (κ3) is 6.00. The molecule has 0 fully saturated rings. The summed E-state index contributed by atoms with van der Waals surface area (Å²) in [6.07, 6.45) is 0.719. The molecule has 2 atom stereocenters. The first-order valence-corrected chi connectivity index (χ1v) is 13.4. The SMILES string of the molecule is C=CC[C@H](C(=O)OCC)[C@@H](O[Si](c1ccccc1)(c1ccccc1)C(C)(C)C)C(=O)OCC. The number of allylic oxidation sites excluding steroid dienone is 1. The molecule has 0 radical (unpaired) electrons. The van der Waals surface area contributed by atoms with E-state index in [0.29, 0.717) is 0 Å². The first kappa shape index (κ1) is 26.5. The second-order valence-electron chi connectivity index (χ2n) is 8.84. The maximum absolute atomic E-state index is 13.3. The summed E-state index contributed by atoms with van der Waals surface area (Å²) in [5.74, 6) is -1.91. The third-order valence-corrected chi connectivity index (χ3v) is 10.6. The molecule has 0 aliphatic carbocycles. The van der Waals surface area contributed by atoms with Crippen LogP contribution >= 0.6 is 0 Å². The van der Waals surface area contributed by atoms with E-state index >= 15 is 0 Å². The Labute approximate surface area is 198 Å². The van der Waals surface area contributed by atoms with Gasteiger partial charge in [0.15, 0.2) is 6.10 Å². The van der Waals surface area contributed by atoms with E-state index in [-0.39, 0.29) is 24.7 Å². The smallest absolute Gasteiger partial charge is 0.334 e. The van der Waals surface area contributed by atoms with Gasteiger partial charge >= 0.3 is 11.9 Å². The largest absolute Gasteiger partial charge is 0.466 e. The molecular formula is C27H36O5Si. The van der Waals surface area contributed by atoms with E-state index in [1.54, 1.807) is 19.9 Å². The summed E-state index contributed by atoms with van der Waals surface area (Å²) >= 11 is 0. The fraction of sp³-hybridized carbons (Fsp3) is 0.407. The van der Waals surface area contributed by atoms with Crippen molar-refractivity contribution in [1.82, 2.24) is 0 Å². The summed E-state index contributed by atoms with van der Waals surface area (Å²) in [5, 5.41) is 1.66. The van der Waals surface area contributed by atoms with Crippen LogP contribution in [0.15, 0.2) is 73.3 Å². The van der Waals surface area contributed by atoms with Gasteiger partial charge in [0.05, 0.1) is 19.1 Å². The number of carbonyl (C=O) groups is 2. The van der Waals surface area contributed by atoms with Crippen LogP contribution in [0.3, 0.4) is 0 Å². The maximum atomic E-state index is 13.3. The van der Waals surface area contributed by atoms with Gasteiger partial charge in [-0.15, -0.1) is 6.58 Å². The Hall–Kier alpha value is -2.70. The lowest BCUT2D eigenvalue weighted by atomic mass is 9.99. The van der Waals surface area contributed by atoms with E-state index in [1.807, 2.05) is 60.7 Å². The lowest BCUT2D eigenvalue weighted by Crippen LogP contribution is -2.69. The lowest BCUT2D eigenvalue weighted by Gasteiger charge is -2.45. The highest BCUT2D eigenvalue weighted by atomic mass is 28.4. The average molecular weight is 469 g/mol. The van der Waals surface area contributed by atoms with Crippen molar-refractivity contribution in [1.29, 1.82) is 0 Å². The summed E-state index contributed by atoms with van der Waals surface area (Å²) in [6, 6.07) is 20.0. The van der Waals surface area contributed by atoms with E-state index in [0.717, 1.165) is 10.4 Å². The van der Waals surface area contributed by atoms with Gasteiger partial charge in [0.2, 0.25) is 0 Å². The van der Waals surface area contributed by atoms with Gasteiger partial charge in [-0.3, -0.25) is 4.79 Å². The van der Waals surface area contributed by atoms with Gasteiger partial charge in [-0.2, -0.15) is 0 Å². The van der Waals surface area contributed by atoms with Crippen molar-refractivity contribution >= 4 is 30.6 Å². The third-order valence-electron chi connectivity index (χ3n) is 5.61. The summed E-state index contributed by atoms with van der Waals surface area (Å²) in [6.45, 7) is 14.0. The molecule has 0 spiro atoms. The van der Waals surface area contributed by atoms with E-state index in [9.17, 15) is 9.59 Å². The van der Waals surface area contributed by atoms with Gasteiger partial charge in [-0.25, -0.2) is 4.79 Å². The number of ether oxygens (including phenoxy) is 2. The predicted octanol–water partition coefficient (Wildman–Crippen LogP) is 4.25. The summed E-state index contributed by atoms with van der Waals surface area (Å²) in [5.41, 5.74) is 0. The minimum absolute atomic E-state index is 0.184. The maximum Gasteiger partial charge on any atom is 0.334 e. The zero-order valence-corrected chi connectivity index (χ0v) is 21.4. The zero-order chi connectivity index (χ0) is 24.5. The minimum Gasteiger partial charge on any atom is -0.466 e. The van der Waals surface area contributed by atoms with Crippen molar-refractivity contribution in [2.75, 3.05) is 13.2 Å². The van der Waals surface area contributed by atoms with Crippen LogP contribution in [-0.4, -0.2) is 39.6 Å². The minimum atomic E-state index is -3.11. The quantitative estimate of drug-likeness (QED) is 0.280. The first-order valence-electron chi connectivity index (χ1n) is 11.5. The van der Waals surface area contributed by atoms with Crippen LogP contribution < -0.4 is 10.4 Å². The normalized spacial score (nSPS) is 13.6. The van der Waals surface area contributed by atoms with E-state index in [2.05, 4.69) is 27.4 Å². The van der Waals surface area contributed by atoms with Crippen LogP contribution in [0.4, 0.5) is 0 Å². The molecule has 0 unspecified atom stereocenters. The average Bonchev–Trinajstić information content (AvgIpc) is 2.79. The molecule has 0 aromatic heterocycles. The van der Waals surface area contributed by atoms with Crippen molar-refractivity contribution < 1.29 is 23.5 Å². The summed E-state index contributed by atoms with van der Waals surface area (Å²) < 4.78 is 17.7. The zero-order valence-electron chi connectivity index (χ0n) is 20.4. The molecule has 0 aliphatic rings. The van der Waals surface area contributed by atoms with Gasteiger partial charge < -0.3 is 13.9 Å². The van der Waals surface area contributed by atoms with Crippen molar-refractivity contribution in [2.24, 2.45) is 5.92 Å². The molecule has 0 heterocycles. The van der Waals surface area contributed by atoms with E-state index in [1.165, 1.54) is 0 Å². The Morgan fingerprint density at radius 1 is 0.879 bits per heavy atom. The van der Waals surface area contributed by atoms with Gasteiger partial charge in [0.1, 0.15) is 0 Å². The molecule has 0 aliphatic heterocycles. The van der Waals surface area contributed by atoms with Crippen LogP contribution in [0, 0.1) is 5.92 Å². The van der Waals surface area contributed by atoms with Crippen molar-refractivity contribution in [2.45, 2.75) is 52.2 Å². The first-order chi connectivity index (χ1) is 15.7. The topological polar surface area (TPSA) is 61.8 Å². The second-order valence-corrected chi connectivity index (χ2v) is 13.1. The molecule has 0 N–H and O–H groups in total. The monoisotopic (exact) mass is 468 g/mol. The van der Waals surface area contributed by atoms with Gasteiger partial charge in [0.25, 0.3) is 8.32 Å². The summed E-state index contributed by atoms with van der Waals surface area (Å²) in [7, 11) is -3.11. The Morgan fingerprint density at radius 3 is 1.73 bits per heavy atom. The van der Waals surface area contributed by atoms with E-state index in [4.69, 9.17) is 13.9 Å². The fourth-order valence-corrected chi connectivity index (χ4v) is 8.83. The number of hydrogen-bond acceptors (Lipinski definition) is 5. The van der Waals surface area contributed by atoms with E-state index < -0.39 is 32.3 Å². The Balaban J connectivity index is 2.78.